The topological polar surface area (TPSA) is 152 Å². The smallest absolute Gasteiger partial charge is 0.239 e. The minimum absolute atomic E-state index is 0.0900. The van der Waals surface area contributed by atoms with Crippen LogP contribution in [0.2, 0.25) is 0 Å². The summed E-state index contributed by atoms with van der Waals surface area (Å²) in [6.07, 6.45) is 0.0900. The molecule has 0 aliphatic rings. The number of imidazole rings is 1. The van der Waals surface area contributed by atoms with Crippen LogP contribution in [0.3, 0.4) is 0 Å². The highest BCUT2D eigenvalue weighted by molar-refractivity contribution is 7.58. The van der Waals surface area contributed by atoms with Crippen molar-refractivity contribution < 1.29 is 4.57 Å². The Bertz CT molecular complexity index is 802. The second-order valence-electron chi connectivity index (χ2n) is 4.59. The van der Waals surface area contributed by atoms with E-state index in [1.165, 1.54) is 0 Å². The van der Waals surface area contributed by atoms with E-state index in [0.29, 0.717) is 17.2 Å². The third-order valence-corrected chi connectivity index (χ3v) is 3.77. The van der Waals surface area contributed by atoms with Crippen molar-refractivity contribution in [1.29, 1.82) is 0 Å². The molecule has 0 saturated carbocycles. The molecule has 0 amide bonds. The Kier molecular flexibility index (Phi) is 2.89. The second kappa shape index (κ2) is 4.48. The molecule has 6 N–H and O–H groups in total. The highest BCUT2D eigenvalue weighted by Crippen LogP contribution is 2.35. The molecular weight excluding hydrogens is 279 g/mol. The van der Waals surface area contributed by atoms with Gasteiger partial charge < -0.3 is 4.98 Å². The zero-order valence-electron chi connectivity index (χ0n) is 10.7. The summed E-state index contributed by atoms with van der Waals surface area (Å²) >= 11 is 0. The third-order valence-electron chi connectivity index (χ3n) is 2.96. The van der Waals surface area contributed by atoms with Gasteiger partial charge in [-0.05, 0) is 29.3 Å². The Morgan fingerprint density at radius 3 is 2.80 bits per heavy atom. The quantitative estimate of drug-likeness (QED) is 0.517. The molecule has 0 aliphatic heterocycles. The largest absolute Gasteiger partial charge is 0.335 e. The van der Waals surface area contributed by atoms with E-state index in [-0.39, 0.29) is 6.16 Å². The van der Waals surface area contributed by atoms with Crippen molar-refractivity contribution in [3.8, 4) is 11.6 Å². The highest BCUT2D eigenvalue weighted by atomic mass is 31.2. The maximum absolute atomic E-state index is 11.7. The lowest BCUT2D eigenvalue weighted by atomic mass is 10.1. The Morgan fingerprint density at radius 2 is 2.15 bits per heavy atom. The van der Waals surface area contributed by atoms with E-state index < -0.39 is 7.44 Å². The van der Waals surface area contributed by atoms with Gasteiger partial charge in [0.05, 0.1) is 17.2 Å². The molecule has 0 fully saturated rings. The minimum Gasteiger partial charge on any atom is -0.335 e. The average molecular weight is 292 g/mol. The Hall–Kier alpha value is -2.09. The van der Waals surface area contributed by atoms with E-state index in [2.05, 4.69) is 30.6 Å². The van der Waals surface area contributed by atoms with Gasteiger partial charge in [0.2, 0.25) is 13.3 Å². The van der Waals surface area contributed by atoms with Gasteiger partial charge in [-0.1, -0.05) is 6.07 Å². The van der Waals surface area contributed by atoms with E-state index in [9.17, 15) is 4.57 Å². The van der Waals surface area contributed by atoms with Crippen molar-refractivity contribution in [1.82, 2.24) is 30.6 Å². The first-order valence-electron chi connectivity index (χ1n) is 5.82. The van der Waals surface area contributed by atoms with Crippen LogP contribution in [0.5, 0.6) is 0 Å². The number of rotatable bonds is 3. The maximum Gasteiger partial charge on any atom is 0.239 e. The first-order chi connectivity index (χ1) is 9.44. The van der Waals surface area contributed by atoms with Gasteiger partial charge in [-0.2, -0.15) is 5.21 Å². The van der Waals surface area contributed by atoms with Crippen LogP contribution in [0, 0.1) is 6.92 Å². The van der Waals surface area contributed by atoms with Crippen LogP contribution in [0.25, 0.3) is 22.7 Å². The third kappa shape index (κ3) is 2.34. The first-order valence-corrected chi connectivity index (χ1v) is 7.85. The molecule has 0 radical (unpaired) electrons. The van der Waals surface area contributed by atoms with Gasteiger partial charge in [0, 0.05) is 0 Å². The highest BCUT2D eigenvalue weighted by Gasteiger charge is 2.18. The second-order valence-corrected chi connectivity index (χ2v) is 6.61. The van der Waals surface area contributed by atoms with Gasteiger partial charge in [0.25, 0.3) is 0 Å². The van der Waals surface area contributed by atoms with Crippen molar-refractivity contribution in [2.24, 2.45) is 11.0 Å². The molecule has 104 valence electrons. The summed E-state index contributed by atoms with van der Waals surface area (Å²) in [5, 5.41) is 13.6. The molecule has 3 rings (SSSR count). The number of fused-ring (bicyclic) bond motifs is 1. The van der Waals surface area contributed by atoms with E-state index in [0.717, 1.165) is 16.6 Å². The van der Waals surface area contributed by atoms with Crippen LogP contribution >= 0.6 is 7.44 Å². The predicted molar refractivity (Wildman–Crippen MR) is 73.7 cm³/mol. The zero-order valence-corrected chi connectivity index (χ0v) is 11.6. The van der Waals surface area contributed by atoms with Crippen molar-refractivity contribution >= 4 is 18.5 Å². The van der Waals surface area contributed by atoms with Crippen molar-refractivity contribution in [3.05, 3.63) is 23.3 Å². The molecule has 20 heavy (non-hydrogen) atoms. The minimum atomic E-state index is -3.17. The van der Waals surface area contributed by atoms with Gasteiger partial charge >= 0.3 is 0 Å². The maximum atomic E-state index is 11.7. The lowest BCUT2D eigenvalue weighted by Crippen LogP contribution is -2.08. The number of H-pyrrole nitrogens is 2. The lowest BCUT2D eigenvalue weighted by molar-refractivity contribution is 0.576. The fourth-order valence-electron chi connectivity index (χ4n) is 2.05. The number of tetrazole rings is 1. The van der Waals surface area contributed by atoms with Gasteiger partial charge in [-0.15, -0.1) is 10.2 Å². The summed E-state index contributed by atoms with van der Waals surface area (Å²) in [6.45, 7) is 1.90. The van der Waals surface area contributed by atoms with Crippen LogP contribution in [0.15, 0.2) is 12.1 Å². The van der Waals surface area contributed by atoms with Gasteiger partial charge in [0.1, 0.15) is 0 Å². The molecular formula is C10H13N8OP. The van der Waals surface area contributed by atoms with Crippen LogP contribution in [0.1, 0.15) is 11.1 Å². The summed E-state index contributed by atoms with van der Waals surface area (Å²) in [6, 6.07) is 3.77. The number of nitrogens with zero attached hydrogens (tertiary/aromatic N) is 4. The number of benzene rings is 1. The molecule has 0 bridgehead atoms. The van der Waals surface area contributed by atoms with E-state index >= 15 is 0 Å². The van der Waals surface area contributed by atoms with Crippen molar-refractivity contribution in [3.63, 3.8) is 0 Å². The summed E-state index contributed by atoms with van der Waals surface area (Å²) in [4.78, 5) is 7.51. The first kappa shape index (κ1) is 12.9. The number of aryl methyl sites for hydroxylation is 1. The summed E-state index contributed by atoms with van der Waals surface area (Å²) in [5.41, 5.74) is 14.1. The van der Waals surface area contributed by atoms with Crippen LogP contribution in [0.4, 0.5) is 0 Å². The summed E-state index contributed by atoms with van der Waals surface area (Å²) < 4.78 is 11.7. The average Bonchev–Trinajstić information content (AvgIpc) is 2.99. The SMILES string of the molecule is Cc1ccc2[nH]c(-c3nn[nH]n3)nc2c1CP(N)(N)=O. The predicted octanol–water partition coefficient (Wildman–Crippen LogP) is 0.662. The van der Waals surface area contributed by atoms with E-state index in [1.807, 2.05) is 19.1 Å². The van der Waals surface area contributed by atoms with Gasteiger partial charge in [-0.25, -0.2) is 4.98 Å². The molecule has 3 aromatic rings. The van der Waals surface area contributed by atoms with Crippen molar-refractivity contribution in [2.75, 3.05) is 0 Å². The fraction of sp³-hybridized carbons (Fsp3) is 0.200. The Morgan fingerprint density at radius 1 is 1.35 bits per heavy atom. The van der Waals surface area contributed by atoms with E-state index in [4.69, 9.17) is 11.0 Å². The molecule has 0 spiro atoms. The fourth-order valence-corrected chi connectivity index (χ4v) is 2.94. The Balaban J connectivity index is 2.19. The molecule has 0 atom stereocenters. The lowest BCUT2D eigenvalue weighted by Gasteiger charge is -2.09. The molecule has 0 aliphatic carbocycles. The van der Waals surface area contributed by atoms with Gasteiger partial charge in [0.15, 0.2) is 5.82 Å². The number of aromatic amines is 2. The molecule has 1 aromatic carbocycles. The number of aromatic nitrogens is 6. The number of hydrogen-bond donors (Lipinski definition) is 4. The zero-order chi connectivity index (χ0) is 14.3. The molecule has 2 aromatic heterocycles. The monoisotopic (exact) mass is 292 g/mol. The molecule has 0 saturated heterocycles. The van der Waals surface area contributed by atoms with Crippen LogP contribution in [-0.2, 0) is 10.7 Å². The standard InChI is InChI=1S/C10H13N8OP/c1-5-2-3-7-8(6(5)4-20(11,12)19)14-9(13-7)10-15-17-18-16-10/h2-3H,4H2,1H3,(H,13,14)(H4,11,12,19)(H,15,16,17,18). The molecule has 10 heteroatoms. The van der Waals surface area contributed by atoms with Crippen LogP contribution < -0.4 is 11.0 Å². The van der Waals surface area contributed by atoms with Gasteiger partial charge in [-0.3, -0.25) is 15.6 Å². The van der Waals surface area contributed by atoms with Crippen LogP contribution in [-0.4, -0.2) is 30.6 Å². The Labute approximate surface area is 113 Å². The molecule has 9 nitrogen and oxygen atoms in total. The normalized spacial score (nSPS) is 12.2. The number of nitrogens with one attached hydrogen (secondary N) is 2. The summed E-state index contributed by atoms with van der Waals surface area (Å²) in [5.74, 6) is 0.831. The number of nitrogens with two attached hydrogens (primary N) is 2. The number of hydrogen-bond acceptors (Lipinski definition) is 5. The molecule has 2 heterocycles. The van der Waals surface area contributed by atoms with E-state index in [1.54, 1.807) is 0 Å². The summed E-state index contributed by atoms with van der Waals surface area (Å²) in [7, 11) is -3.17. The molecule has 0 unspecified atom stereocenters. The van der Waals surface area contributed by atoms with Crippen molar-refractivity contribution in [2.45, 2.75) is 13.1 Å².